The number of hydrogen-bond acceptors (Lipinski definition) is 4. The first-order chi connectivity index (χ1) is 11.2. The highest BCUT2D eigenvalue weighted by Crippen LogP contribution is 2.34. The molecule has 1 aromatic carbocycles. The molecule has 6 heteroatoms. The molecule has 0 saturated carbocycles. The Morgan fingerprint density at radius 3 is 2.38 bits per heavy atom. The van der Waals surface area contributed by atoms with Crippen LogP contribution in [-0.4, -0.2) is 45.9 Å². The Kier molecular flexibility index (Phi) is 5.36. The van der Waals surface area contributed by atoms with Gasteiger partial charge in [-0.15, -0.1) is 0 Å². The third-order valence-electron chi connectivity index (χ3n) is 4.16. The number of carbonyl (C=O) groups excluding carboxylic acids is 1. The third kappa shape index (κ3) is 4.63. The number of phenolic OH excluding ortho intramolecular Hbond substituents is 1. The molecule has 1 heterocycles. The number of carboxylic acids is 1. The molecule has 1 aliphatic heterocycles. The Bertz CT molecular complexity index is 600. The zero-order valence-electron chi connectivity index (χ0n) is 14.4. The van der Waals surface area contributed by atoms with E-state index in [0.29, 0.717) is 31.5 Å². The fourth-order valence-electron chi connectivity index (χ4n) is 3.08. The predicted octanol–water partition coefficient (Wildman–Crippen LogP) is 3.21. The monoisotopic (exact) mass is 335 g/mol. The van der Waals surface area contributed by atoms with Gasteiger partial charge in [0.15, 0.2) is 0 Å². The number of carbonyl (C=O) groups is 2. The molecule has 2 N–H and O–H groups in total. The summed E-state index contributed by atoms with van der Waals surface area (Å²) in [5.41, 5.74) is 0.0530. The van der Waals surface area contributed by atoms with Gasteiger partial charge in [0.1, 0.15) is 11.4 Å². The lowest BCUT2D eigenvalue weighted by molar-refractivity contribution is -0.140. The van der Waals surface area contributed by atoms with E-state index in [1.165, 1.54) is 12.1 Å². The molecule has 0 radical (unpaired) electrons. The molecule has 1 aromatic rings. The second-order valence-electron chi connectivity index (χ2n) is 7.22. The van der Waals surface area contributed by atoms with Gasteiger partial charge in [-0.1, -0.05) is 12.1 Å². The van der Waals surface area contributed by atoms with Crippen LogP contribution in [0.4, 0.5) is 4.79 Å². The zero-order chi connectivity index (χ0) is 17.9. The molecule has 24 heavy (non-hydrogen) atoms. The normalized spacial score (nSPS) is 17.4. The van der Waals surface area contributed by atoms with Gasteiger partial charge in [-0.05, 0) is 57.2 Å². The van der Waals surface area contributed by atoms with E-state index in [0.717, 1.165) is 0 Å². The lowest BCUT2D eigenvalue weighted by atomic mass is 9.80. The lowest BCUT2D eigenvalue weighted by Crippen LogP contribution is -2.43. The SMILES string of the molecule is CC(C)(C)OC(=O)N1CCC(C(C(=O)O)c2cccc(O)c2)CC1. The summed E-state index contributed by atoms with van der Waals surface area (Å²) >= 11 is 0. The maximum absolute atomic E-state index is 12.1. The van der Waals surface area contributed by atoms with E-state index < -0.39 is 17.5 Å². The number of piperidine rings is 1. The maximum atomic E-state index is 12.1. The van der Waals surface area contributed by atoms with Crippen LogP contribution in [0.2, 0.25) is 0 Å². The Hall–Kier alpha value is -2.24. The average Bonchev–Trinajstić information content (AvgIpc) is 2.46. The van der Waals surface area contributed by atoms with Crippen molar-refractivity contribution in [3.05, 3.63) is 29.8 Å². The summed E-state index contributed by atoms with van der Waals surface area (Å²) in [7, 11) is 0. The van der Waals surface area contributed by atoms with Crippen molar-refractivity contribution in [3.8, 4) is 5.75 Å². The molecule has 1 fully saturated rings. The van der Waals surface area contributed by atoms with Crippen molar-refractivity contribution in [2.75, 3.05) is 13.1 Å². The molecule has 1 atom stereocenters. The summed E-state index contributed by atoms with van der Waals surface area (Å²) in [6.07, 6.45) is 0.822. The molecule has 1 amide bonds. The Balaban J connectivity index is 2.04. The van der Waals surface area contributed by atoms with E-state index in [9.17, 15) is 19.8 Å². The van der Waals surface area contributed by atoms with Crippen molar-refractivity contribution in [2.24, 2.45) is 5.92 Å². The molecule has 0 bridgehead atoms. The van der Waals surface area contributed by atoms with Gasteiger partial charge < -0.3 is 19.8 Å². The molecule has 1 unspecified atom stereocenters. The highest BCUT2D eigenvalue weighted by atomic mass is 16.6. The molecule has 0 aromatic heterocycles. The minimum atomic E-state index is -0.906. The number of amides is 1. The summed E-state index contributed by atoms with van der Waals surface area (Å²) in [6.45, 7) is 6.41. The molecule has 6 nitrogen and oxygen atoms in total. The van der Waals surface area contributed by atoms with Gasteiger partial charge in [-0.25, -0.2) is 4.79 Å². The summed E-state index contributed by atoms with van der Waals surface area (Å²) < 4.78 is 5.36. The first-order valence-electron chi connectivity index (χ1n) is 8.17. The van der Waals surface area contributed by atoms with Gasteiger partial charge in [0.2, 0.25) is 0 Å². The van der Waals surface area contributed by atoms with Crippen LogP contribution < -0.4 is 0 Å². The molecule has 2 rings (SSSR count). The fourth-order valence-corrected chi connectivity index (χ4v) is 3.08. The first kappa shape index (κ1) is 18.1. The quantitative estimate of drug-likeness (QED) is 0.885. The van der Waals surface area contributed by atoms with Crippen LogP contribution in [-0.2, 0) is 9.53 Å². The van der Waals surface area contributed by atoms with Crippen molar-refractivity contribution < 1.29 is 24.5 Å². The highest BCUT2D eigenvalue weighted by Gasteiger charge is 2.34. The van der Waals surface area contributed by atoms with Crippen molar-refractivity contribution in [1.29, 1.82) is 0 Å². The van der Waals surface area contributed by atoms with E-state index in [2.05, 4.69) is 0 Å². The number of rotatable bonds is 3. The van der Waals surface area contributed by atoms with Gasteiger partial charge >= 0.3 is 12.1 Å². The predicted molar refractivity (Wildman–Crippen MR) is 89.0 cm³/mol. The van der Waals surface area contributed by atoms with E-state index in [-0.39, 0.29) is 17.8 Å². The Labute approximate surface area is 142 Å². The molecule has 132 valence electrons. The summed E-state index contributed by atoms with van der Waals surface area (Å²) in [4.78, 5) is 25.4. The van der Waals surface area contributed by atoms with Gasteiger partial charge in [0.05, 0.1) is 5.92 Å². The smallest absolute Gasteiger partial charge is 0.410 e. The van der Waals surface area contributed by atoms with E-state index in [1.807, 2.05) is 20.8 Å². The second-order valence-corrected chi connectivity index (χ2v) is 7.22. The number of nitrogens with zero attached hydrogens (tertiary/aromatic N) is 1. The second kappa shape index (κ2) is 7.11. The minimum Gasteiger partial charge on any atom is -0.508 e. The number of carboxylic acid groups (broad SMARTS) is 1. The Morgan fingerprint density at radius 2 is 1.88 bits per heavy atom. The van der Waals surface area contributed by atoms with Gasteiger partial charge in [-0.3, -0.25) is 4.79 Å². The molecule has 1 aliphatic rings. The van der Waals surface area contributed by atoms with E-state index in [4.69, 9.17) is 4.74 Å². The number of aliphatic carboxylic acids is 1. The lowest BCUT2D eigenvalue weighted by Gasteiger charge is -2.35. The number of phenols is 1. The molecule has 1 saturated heterocycles. The van der Waals surface area contributed by atoms with Crippen molar-refractivity contribution in [1.82, 2.24) is 4.90 Å². The van der Waals surface area contributed by atoms with Crippen LogP contribution in [0.1, 0.15) is 45.1 Å². The molecule has 0 spiro atoms. The largest absolute Gasteiger partial charge is 0.508 e. The minimum absolute atomic E-state index is 0.0601. The van der Waals surface area contributed by atoms with Gasteiger partial charge in [-0.2, -0.15) is 0 Å². The molecular formula is C18H25NO5. The van der Waals surface area contributed by atoms with Gasteiger partial charge in [0, 0.05) is 13.1 Å². The summed E-state index contributed by atoms with van der Waals surface area (Å²) in [6, 6.07) is 6.39. The van der Waals surface area contributed by atoms with Crippen LogP contribution in [0.15, 0.2) is 24.3 Å². The van der Waals surface area contributed by atoms with Crippen LogP contribution in [0, 0.1) is 5.92 Å². The first-order valence-corrected chi connectivity index (χ1v) is 8.17. The zero-order valence-corrected chi connectivity index (χ0v) is 14.4. The van der Waals surface area contributed by atoms with Crippen LogP contribution in [0.25, 0.3) is 0 Å². The van der Waals surface area contributed by atoms with Crippen LogP contribution >= 0.6 is 0 Å². The number of hydrogen-bond donors (Lipinski definition) is 2. The average molecular weight is 335 g/mol. The maximum Gasteiger partial charge on any atom is 0.410 e. The fraction of sp³-hybridized carbons (Fsp3) is 0.556. The Morgan fingerprint density at radius 1 is 1.25 bits per heavy atom. The molecule has 0 aliphatic carbocycles. The van der Waals surface area contributed by atoms with Crippen LogP contribution in [0.5, 0.6) is 5.75 Å². The third-order valence-corrected chi connectivity index (χ3v) is 4.16. The molecular weight excluding hydrogens is 310 g/mol. The van der Waals surface area contributed by atoms with Crippen molar-refractivity contribution in [2.45, 2.75) is 45.1 Å². The van der Waals surface area contributed by atoms with Crippen molar-refractivity contribution >= 4 is 12.1 Å². The number of benzene rings is 1. The number of likely N-dealkylation sites (tertiary alicyclic amines) is 1. The van der Waals surface area contributed by atoms with Gasteiger partial charge in [0.25, 0.3) is 0 Å². The number of ether oxygens (including phenoxy) is 1. The van der Waals surface area contributed by atoms with Crippen LogP contribution in [0.3, 0.4) is 0 Å². The van der Waals surface area contributed by atoms with Crippen molar-refractivity contribution in [3.63, 3.8) is 0 Å². The highest BCUT2D eigenvalue weighted by molar-refractivity contribution is 5.77. The van der Waals surface area contributed by atoms with E-state index >= 15 is 0 Å². The standard InChI is InChI=1S/C18H25NO5/c1-18(2,3)24-17(23)19-9-7-12(8-10-19)15(16(21)22)13-5-4-6-14(20)11-13/h4-6,11-12,15,20H,7-10H2,1-3H3,(H,21,22). The summed E-state index contributed by atoms with van der Waals surface area (Å²) in [5, 5.41) is 19.2. The van der Waals surface area contributed by atoms with E-state index in [1.54, 1.807) is 17.0 Å². The number of aromatic hydroxyl groups is 1. The summed E-state index contributed by atoms with van der Waals surface area (Å²) in [5.74, 6) is -1.61. The topological polar surface area (TPSA) is 87.1 Å².